The van der Waals surface area contributed by atoms with Gasteiger partial charge in [-0.05, 0) is 32.8 Å². The summed E-state index contributed by atoms with van der Waals surface area (Å²) in [5.74, 6) is -0.0464. The predicted octanol–water partition coefficient (Wildman–Crippen LogP) is 2.17. The number of hydrogen-bond acceptors (Lipinski definition) is 2. The molecule has 0 unspecified atom stereocenters. The zero-order valence-corrected chi connectivity index (χ0v) is 13.1. The lowest BCUT2D eigenvalue weighted by Crippen LogP contribution is -2.54. The summed E-state index contributed by atoms with van der Waals surface area (Å²) in [5, 5.41) is 17.8. The second-order valence-electron chi connectivity index (χ2n) is 5.45. The van der Waals surface area contributed by atoms with Crippen LogP contribution in [0.25, 0.3) is 0 Å². The molecule has 0 saturated carbocycles. The van der Waals surface area contributed by atoms with Crippen LogP contribution in [0.5, 0.6) is 0 Å². The minimum Gasteiger partial charge on any atom is -0.370 e. The second-order valence-corrected chi connectivity index (χ2v) is 5.45. The van der Waals surface area contributed by atoms with E-state index < -0.39 is 0 Å². The number of nitrogens with two attached hydrogens (primary N) is 1. The van der Waals surface area contributed by atoms with Crippen LogP contribution in [0.3, 0.4) is 0 Å². The first kappa shape index (κ1) is 18.2. The molecule has 0 aromatic heterocycles. The largest absolute Gasteiger partial charge is 0.370 e. The Morgan fingerprint density at radius 2 is 1.75 bits per heavy atom. The number of halogens is 1. The van der Waals surface area contributed by atoms with Gasteiger partial charge in [0.25, 0.3) is 0 Å². The van der Waals surface area contributed by atoms with Crippen LogP contribution in [-0.2, 0) is 6.42 Å². The van der Waals surface area contributed by atoms with E-state index in [2.05, 4.69) is 17.4 Å². The van der Waals surface area contributed by atoms with Crippen molar-refractivity contribution in [3.63, 3.8) is 0 Å². The van der Waals surface area contributed by atoms with E-state index in [4.69, 9.17) is 16.6 Å². The monoisotopic (exact) mass is 297 g/mol. The first-order valence-corrected chi connectivity index (χ1v) is 6.32. The van der Waals surface area contributed by atoms with Gasteiger partial charge in [0.05, 0.1) is 0 Å². The molecule has 0 saturated heterocycles. The van der Waals surface area contributed by atoms with E-state index in [0.29, 0.717) is 6.54 Å². The predicted molar refractivity (Wildman–Crippen MR) is 86.6 cm³/mol. The standard InChI is InChI=1S/C14H23N5.ClH/c1-14(2,3)19(13(17)18-12(15)16)10-9-11-7-5-4-6-8-11;/h4-8H,9-10H2,1-3H3,(H5,15,16,17,18);1H. The Bertz CT molecular complexity index is 439. The molecule has 0 fully saturated rings. The summed E-state index contributed by atoms with van der Waals surface area (Å²) < 4.78 is 0. The molecule has 5 nitrogen and oxygen atoms in total. The van der Waals surface area contributed by atoms with Gasteiger partial charge in [0, 0.05) is 12.1 Å². The van der Waals surface area contributed by atoms with Gasteiger partial charge < -0.3 is 10.6 Å². The average molecular weight is 298 g/mol. The first-order chi connectivity index (χ1) is 8.80. The zero-order chi connectivity index (χ0) is 14.5. The molecule has 1 aromatic carbocycles. The number of benzene rings is 1. The maximum Gasteiger partial charge on any atom is 0.198 e. The Morgan fingerprint density at radius 1 is 1.20 bits per heavy atom. The summed E-state index contributed by atoms with van der Waals surface area (Å²) in [4.78, 5) is 1.90. The Hall–Kier alpha value is -1.75. The van der Waals surface area contributed by atoms with Crippen molar-refractivity contribution in [2.24, 2.45) is 5.73 Å². The molecule has 6 heteroatoms. The minimum absolute atomic E-state index is 0. The van der Waals surface area contributed by atoms with Crippen molar-refractivity contribution < 1.29 is 0 Å². The highest BCUT2D eigenvalue weighted by Gasteiger charge is 2.23. The van der Waals surface area contributed by atoms with Crippen molar-refractivity contribution in [2.75, 3.05) is 6.54 Å². The van der Waals surface area contributed by atoms with E-state index in [-0.39, 0.29) is 29.9 Å². The molecule has 5 N–H and O–H groups in total. The van der Waals surface area contributed by atoms with E-state index in [9.17, 15) is 0 Å². The third-order valence-electron chi connectivity index (χ3n) is 2.80. The third kappa shape index (κ3) is 5.93. The molecule has 20 heavy (non-hydrogen) atoms. The Kier molecular flexibility index (Phi) is 7.07. The Balaban J connectivity index is 0.00000361. The van der Waals surface area contributed by atoms with E-state index in [1.807, 2.05) is 43.9 Å². The summed E-state index contributed by atoms with van der Waals surface area (Å²) in [6, 6.07) is 10.2. The highest BCUT2D eigenvalue weighted by Crippen LogP contribution is 2.14. The molecule has 0 radical (unpaired) electrons. The number of nitrogens with one attached hydrogen (secondary N) is 3. The number of hydrogen-bond donors (Lipinski definition) is 4. The van der Waals surface area contributed by atoms with Gasteiger partial charge in [-0.1, -0.05) is 30.3 Å². The highest BCUT2D eigenvalue weighted by atomic mass is 35.5. The van der Waals surface area contributed by atoms with Gasteiger partial charge in [-0.25, -0.2) is 0 Å². The number of guanidine groups is 2. The van der Waals surface area contributed by atoms with E-state index >= 15 is 0 Å². The SMILES string of the molecule is CC(C)(C)N(CCc1ccccc1)C(=N)NC(=N)N.Cl. The van der Waals surface area contributed by atoms with Gasteiger partial charge >= 0.3 is 0 Å². The Morgan fingerprint density at radius 3 is 2.20 bits per heavy atom. The third-order valence-corrected chi connectivity index (χ3v) is 2.80. The van der Waals surface area contributed by atoms with E-state index in [1.54, 1.807) is 0 Å². The summed E-state index contributed by atoms with van der Waals surface area (Å²) in [6.07, 6.45) is 0.847. The molecule has 112 valence electrons. The lowest BCUT2D eigenvalue weighted by atomic mass is 10.0. The van der Waals surface area contributed by atoms with Crippen molar-refractivity contribution in [3.8, 4) is 0 Å². The molecule has 0 bridgehead atoms. The molecule has 1 rings (SSSR count). The van der Waals surface area contributed by atoms with Gasteiger partial charge in [-0.2, -0.15) is 0 Å². The molecular weight excluding hydrogens is 274 g/mol. The van der Waals surface area contributed by atoms with Gasteiger partial charge in [-0.3, -0.25) is 16.1 Å². The lowest BCUT2D eigenvalue weighted by Gasteiger charge is -2.37. The molecule has 1 aromatic rings. The minimum atomic E-state index is -0.209. The van der Waals surface area contributed by atoms with Crippen LogP contribution in [-0.4, -0.2) is 28.9 Å². The van der Waals surface area contributed by atoms with E-state index in [1.165, 1.54) is 5.56 Å². The molecule has 0 spiro atoms. The van der Waals surface area contributed by atoms with Crippen molar-refractivity contribution in [1.82, 2.24) is 10.2 Å². The lowest BCUT2D eigenvalue weighted by molar-refractivity contribution is 0.233. The zero-order valence-electron chi connectivity index (χ0n) is 12.2. The van der Waals surface area contributed by atoms with Gasteiger partial charge in [0.2, 0.25) is 0 Å². The molecule has 0 amide bonds. The van der Waals surface area contributed by atoms with Crippen molar-refractivity contribution >= 4 is 24.3 Å². The van der Waals surface area contributed by atoms with Crippen LogP contribution >= 0.6 is 12.4 Å². The maximum absolute atomic E-state index is 7.99. The van der Waals surface area contributed by atoms with Crippen LogP contribution in [0.2, 0.25) is 0 Å². The van der Waals surface area contributed by atoms with Crippen molar-refractivity contribution in [1.29, 1.82) is 10.8 Å². The number of nitrogens with zero attached hydrogens (tertiary/aromatic N) is 1. The number of rotatable bonds is 3. The summed E-state index contributed by atoms with van der Waals surface area (Å²) >= 11 is 0. The summed E-state index contributed by atoms with van der Waals surface area (Å²) in [7, 11) is 0. The van der Waals surface area contributed by atoms with Crippen LogP contribution in [0.4, 0.5) is 0 Å². The molecule has 0 aliphatic heterocycles. The second kappa shape index (κ2) is 7.75. The molecular formula is C14H24ClN5. The van der Waals surface area contributed by atoms with Gasteiger partial charge in [0.15, 0.2) is 11.9 Å². The fraction of sp³-hybridized carbons (Fsp3) is 0.429. The Labute approximate surface area is 127 Å². The molecule has 0 heterocycles. The summed E-state index contributed by atoms with van der Waals surface area (Å²) in [6.45, 7) is 6.81. The van der Waals surface area contributed by atoms with Gasteiger partial charge in [0.1, 0.15) is 0 Å². The average Bonchev–Trinajstić information content (AvgIpc) is 2.27. The normalized spacial score (nSPS) is 10.3. The fourth-order valence-corrected chi connectivity index (χ4v) is 1.86. The van der Waals surface area contributed by atoms with Crippen LogP contribution in [0.1, 0.15) is 26.3 Å². The van der Waals surface area contributed by atoms with E-state index in [0.717, 1.165) is 6.42 Å². The van der Waals surface area contributed by atoms with Crippen LogP contribution in [0, 0.1) is 10.8 Å². The quantitative estimate of drug-likeness (QED) is 0.509. The van der Waals surface area contributed by atoms with Crippen LogP contribution < -0.4 is 11.1 Å². The summed E-state index contributed by atoms with van der Waals surface area (Å²) in [5.41, 5.74) is 6.32. The van der Waals surface area contributed by atoms with Crippen LogP contribution in [0.15, 0.2) is 30.3 Å². The molecule has 0 aliphatic carbocycles. The van der Waals surface area contributed by atoms with Crippen molar-refractivity contribution in [3.05, 3.63) is 35.9 Å². The molecule has 0 atom stereocenters. The smallest absolute Gasteiger partial charge is 0.198 e. The maximum atomic E-state index is 7.99. The first-order valence-electron chi connectivity index (χ1n) is 6.32. The highest BCUT2D eigenvalue weighted by molar-refractivity contribution is 5.95. The molecule has 0 aliphatic rings. The van der Waals surface area contributed by atoms with Gasteiger partial charge in [-0.15, -0.1) is 12.4 Å². The fourth-order valence-electron chi connectivity index (χ4n) is 1.86. The van der Waals surface area contributed by atoms with Crippen molar-refractivity contribution in [2.45, 2.75) is 32.7 Å². The topological polar surface area (TPSA) is 89.0 Å².